The molecule has 0 saturated carbocycles. The molecule has 168 valence electrons. The van der Waals surface area contributed by atoms with Crippen molar-refractivity contribution >= 4 is 17.2 Å². The van der Waals surface area contributed by atoms with E-state index in [1.807, 2.05) is 17.5 Å². The predicted molar refractivity (Wildman–Crippen MR) is 126 cm³/mol. The first-order valence-electron chi connectivity index (χ1n) is 11.5. The van der Waals surface area contributed by atoms with Gasteiger partial charge in [0.1, 0.15) is 11.6 Å². The van der Waals surface area contributed by atoms with Gasteiger partial charge in [-0.1, -0.05) is 12.6 Å². The second-order valence-corrected chi connectivity index (χ2v) is 9.23. The molecular weight excluding hydrogens is 403 g/mol. The van der Waals surface area contributed by atoms with Crippen LogP contribution >= 0.6 is 0 Å². The zero-order valence-corrected chi connectivity index (χ0v) is 18.9. The number of aromatic nitrogens is 3. The molecule has 1 aromatic carbocycles. The van der Waals surface area contributed by atoms with E-state index < -0.39 is 0 Å². The third kappa shape index (κ3) is 3.75. The molecule has 0 bridgehead atoms. The number of anilines is 1. The lowest BCUT2D eigenvalue weighted by Gasteiger charge is -2.38. The molecule has 2 aliphatic heterocycles. The summed E-state index contributed by atoms with van der Waals surface area (Å²) in [7, 11) is 0. The van der Waals surface area contributed by atoms with Gasteiger partial charge in [0, 0.05) is 54.8 Å². The molecule has 3 aromatic rings. The Morgan fingerprint density at radius 3 is 2.75 bits per heavy atom. The maximum Gasteiger partial charge on any atom is 0.157 e. The Hall–Kier alpha value is -2.93. The van der Waals surface area contributed by atoms with E-state index in [9.17, 15) is 4.39 Å². The molecular formula is C25H31FN6. The molecule has 2 N–H and O–H groups in total. The molecule has 0 unspecified atom stereocenters. The topological polar surface area (TPSA) is 62.7 Å². The van der Waals surface area contributed by atoms with Crippen LogP contribution < -0.4 is 10.6 Å². The van der Waals surface area contributed by atoms with E-state index in [0.717, 1.165) is 84.9 Å². The van der Waals surface area contributed by atoms with Crippen molar-refractivity contribution in [3.05, 3.63) is 65.2 Å². The molecule has 4 heterocycles. The van der Waals surface area contributed by atoms with Gasteiger partial charge in [-0.3, -0.25) is 0 Å². The van der Waals surface area contributed by atoms with Gasteiger partial charge in [-0.05, 0) is 57.2 Å². The summed E-state index contributed by atoms with van der Waals surface area (Å²) in [6.45, 7) is 11.1. The standard InChI is InChI=1S/C25H31FN6/c1-16-7-8-19(26)12-21(16)18(3)31-10-5-4-6-23(31)22-13-24-28-25(17(2)14-32(24)29-22)30-11-9-20(27)15-30/h7-8,12-14,20,23H,3-6,9-11,15,27H2,1-2H3/t20-,23-/m0/s1. The Bertz CT molecular complexity index is 1170. The molecule has 2 fully saturated rings. The molecule has 0 radical (unpaired) electrons. The van der Waals surface area contributed by atoms with Gasteiger partial charge in [-0.2, -0.15) is 5.10 Å². The number of aryl methyl sites for hydroxylation is 2. The minimum absolute atomic E-state index is 0.101. The van der Waals surface area contributed by atoms with E-state index >= 15 is 0 Å². The van der Waals surface area contributed by atoms with E-state index in [1.165, 1.54) is 6.07 Å². The number of likely N-dealkylation sites (tertiary alicyclic amines) is 1. The molecule has 2 aliphatic rings. The fraction of sp³-hybridized carbons (Fsp3) is 0.440. The number of hydrogen-bond acceptors (Lipinski definition) is 5. The van der Waals surface area contributed by atoms with Crippen LogP contribution in [-0.4, -0.2) is 45.2 Å². The summed E-state index contributed by atoms with van der Waals surface area (Å²) in [5.74, 6) is 0.763. The summed E-state index contributed by atoms with van der Waals surface area (Å²) < 4.78 is 15.8. The Labute approximate surface area is 188 Å². The van der Waals surface area contributed by atoms with E-state index in [2.05, 4.69) is 35.6 Å². The highest BCUT2D eigenvalue weighted by Gasteiger charge is 2.29. The Morgan fingerprint density at radius 1 is 1.12 bits per heavy atom. The SMILES string of the molecule is C=C(c1cc(F)ccc1C)N1CCCC[C@H]1c1cc2nc(N3CC[C@H](N)C3)c(C)cn2n1. The van der Waals surface area contributed by atoms with Crippen molar-refractivity contribution in [3.8, 4) is 0 Å². The number of benzene rings is 1. The zero-order chi connectivity index (χ0) is 22.4. The van der Waals surface area contributed by atoms with E-state index in [1.54, 1.807) is 6.07 Å². The monoisotopic (exact) mass is 434 g/mol. The lowest BCUT2D eigenvalue weighted by Crippen LogP contribution is -2.32. The Balaban J connectivity index is 1.48. The molecule has 2 saturated heterocycles. The van der Waals surface area contributed by atoms with Crippen molar-refractivity contribution in [2.45, 2.75) is 51.6 Å². The normalized spacial score (nSPS) is 21.5. The highest BCUT2D eigenvalue weighted by molar-refractivity contribution is 5.65. The average Bonchev–Trinajstić information content (AvgIpc) is 3.40. The number of piperidine rings is 1. The van der Waals surface area contributed by atoms with Crippen LogP contribution in [0.2, 0.25) is 0 Å². The number of hydrogen-bond donors (Lipinski definition) is 1. The smallest absolute Gasteiger partial charge is 0.157 e. The van der Waals surface area contributed by atoms with Crippen molar-refractivity contribution in [2.24, 2.45) is 5.73 Å². The van der Waals surface area contributed by atoms with Crippen LogP contribution in [0, 0.1) is 19.7 Å². The first-order valence-corrected chi connectivity index (χ1v) is 11.5. The second kappa shape index (κ2) is 8.20. The van der Waals surface area contributed by atoms with Crippen LogP contribution in [0.15, 0.2) is 37.0 Å². The summed E-state index contributed by atoms with van der Waals surface area (Å²) >= 11 is 0. The fourth-order valence-corrected chi connectivity index (χ4v) is 5.10. The molecule has 0 spiro atoms. The summed E-state index contributed by atoms with van der Waals surface area (Å²) in [5, 5.41) is 4.90. The maximum absolute atomic E-state index is 14.0. The predicted octanol–water partition coefficient (Wildman–Crippen LogP) is 4.22. The first-order chi connectivity index (χ1) is 15.4. The molecule has 2 atom stereocenters. The largest absolute Gasteiger partial charge is 0.363 e. The Morgan fingerprint density at radius 2 is 1.97 bits per heavy atom. The van der Waals surface area contributed by atoms with Crippen molar-refractivity contribution in [2.75, 3.05) is 24.5 Å². The van der Waals surface area contributed by atoms with Crippen LogP contribution in [0.3, 0.4) is 0 Å². The van der Waals surface area contributed by atoms with Gasteiger partial charge < -0.3 is 15.5 Å². The number of nitrogens with zero attached hydrogens (tertiary/aromatic N) is 5. The van der Waals surface area contributed by atoms with E-state index in [-0.39, 0.29) is 17.9 Å². The van der Waals surface area contributed by atoms with Gasteiger partial charge >= 0.3 is 0 Å². The molecule has 0 aliphatic carbocycles. The lowest BCUT2D eigenvalue weighted by atomic mass is 9.96. The van der Waals surface area contributed by atoms with Crippen LogP contribution in [-0.2, 0) is 0 Å². The van der Waals surface area contributed by atoms with Crippen LogP contribution in [0.1, 0.15) is 54.1 Å². The van der Waals surface area contributed by atoms with E-state index in [4.69, 9.17) is 15.8 Å². The summed E-state index contributed by atoms with van der Waals surface area (Å²) in [4.78, 5) is 9.50. The molecule has 0 amide bonds. The molecule has 6 nitrogen and oxygen atoms in total. The maximum atomic E-state index is 14.0. The summed E-state index contributed by atoms with van der Waals surface area (Å²) in [5.41, 5.74) is 11.8. The molecule has 2 aromatic heterocycles. The number of fused-ring (bicyclic) bond motifs is 1. The highest BCUT2D eigenvalue weighted by atomic mass is 19.1. The van der Waals surface area contributed by atoms with Crippen molar-refractivity contribution < 1.29 is 4.39 Å². The summed E-state index contributed by atoms with van der Waals surface area (Å²) in [6, 6.07) is 7.31. The van der Waals surface area contributed by atoms with Gasteiger partial charge in [0.15, 0.2) is 5.65 Å². The number of halogens is 1. The minimum atomic E-state index is -0.234. The van der Waals surface area contributed by atoms with Gasteiger partial charge in [0.05, 0.1) is 11.7 Å². The number of rotatable bonds is 4. The average molecular weight is 435 g/mol. The third-order valence-electron chi connectivity index (χ3n) is 6.85. The van der Waals surface area contributed by atoms with Crippen molar-refractivity contribution in [3.63, 3.8) is 0 Å². The van der Waals surface area contributed by atoms with Crippen LogP contribution in [0.25, 0.3) is 11.3 Å². The highest BCUT2D eigenvalue weighted by Crippen LogP contribution is 2.37. The van der Waals surface area contributed by atoms with Crippen LogP contribution in [0.5, 0.6) is 0 Å². The van der Waals surface area contributed by atoms with Gasteiger partial charge in [0.2, 0.25) is 0 Å². The summed E-state index contributed by atoms with van der Waals surface area (Å²) in [6.07, 6.45) is 6.27. The molecule has 5 rings (SSSR count). The third-order valence-corrected chi connectivity index (χ3v) is 6.85. The first kappa shape index (κ1) is 20.9. The van der Waals surface area contributed by atoms with Crippen molar-refractivity contribution in [1.82, 2.24) is 19.5 Å². The van der Waals surface area contributed by atoms with Gasteiger partial charge in [-0.15, -0.1) is 0 Å². The van der Waals surface area contributed by atoms with Gasteiger partial charge in [0.25, 0.3) is 0 Å². The Kier molecular flexibility index (Phi) is 5.37. The number of nitrogens with two attached hydrogens (primary N) is 1. The minimum Gasteiger partial charge on any atom is -0.363 e. The lowest BCUT2D eigenvalue weighted by molar-refractivity contribution is 0.226. The van der Waals surface area contributed by atoms with Crippen molar-refractivity contribution in [1.29, 1.82) is 0 Å². The quantitative estimate of drug-likeness (QED) is 0.666. The zero-order valence-electron chi connectivity index (χ0n) is 18.9. The second-order valence-electron chi connectivity index (χ2n) is 9.23. The van der Waals surface area contributed by atoms with E-state index in [0.29, 0.717) is 0 Å². The molecule has 32 heavy (non-hydrogen) atoms. The van der Waals surface area contributed by atoms with Gasteiger partial charge in [-0.25, -0.2) is 13.9 Å². The fourth-order valence-electron chi connectivity index (χ4n) is 5.10. The molecule has 7 heteroatoms. The van der Waals surface area contributed by atoms with Crippen LogP contribution in [0.4, 0.5) is 10.2 Å².